The molecule has 0 unspecified atom stereocenters. The van der Waals surface area contributed by atoms with Gasteiger partial charge >= 0.3 is 0 Å². The molecule has 0 aliphatic carbocycles. The molecule has 1 aliphatic rings. The first-order valence-corrected chi connectivity index (χ1v) is 9.08. The van der Waals surface area contributed by atoms with Gasteiger partial charge in [-0.25, -0.2) is 0 Å². The Morgan fingerprint density at radius 3 is 2.41 bits per heavy atom. The summed E-state index contributed by atoms with van der Waals surface area (Å²) < 4.78 is 5.30. The van der Waals surface area contributed by atoms with Crippen molar-refractivity contribution in [1.82, 2.24) is 9.80 Å². The second kappa shape index (κ2) is 8.68. The number of rotatable bonds is 5. The predicted molar refractivity (Wildman–Crippen MR) is 105 cm³/mol. The predicted octanol–water partition coefficient (Wildman–Crippen LogP) is 2.40. The number of amides is 2. The number of benzene rings is 2. The standard InChI is InChI=1S/C21H25N3O3/c1-16-8-9-19(27-2)18(14-16)22-20(25)15-23-10-12-24(13-11-23)21(26)17-6-4-3-5-7-17/h3-9,14H,10-13,15H2,1-2H3,(H,22,25). The van der Waals surface area contributed by atoms with Crippen molar-refractivity contribution in [3.63, 3.8) is 0 Å². The van der Waals surface area contributed by atoms with Crippen LogP contribution in [0.3, 0.4) is 0 Å². The maximum Gasteiger partial charge on any atom is 0.253 e. The van der Waals surface area contributed by atoms with E-state index in [9.17, 15) is 9.59 Å². The highest BCUT2D eigenvalue weighted by Gasteiger charge is 2.23. The van der Waals surface area contributed by atoms with Gasteiger partial charge in [0.15, 0.2) is 0 Å². The van der Waals surface area contributed by atoms with Crippen LogP contribution in [0.5, 0.6) is 5.75 Å². The normalized spacial score (nSPS) is 14.7. The third-order valence-corrected chi connectivity index (χ3v) is 4.68. The molecule has 1 N–H and O–H groups in total. The first kappa shape index (κ1) is 18.9. The molecule has 2 aromatic rings. The molecule has 0 spiro atoms. The zero-order chi connectivity index (χ0) is 19.2. The van der Waals surface area contributed by atoms with Gasteiger partial charge in [-0.15, -0.1) is 0 Å². The van der Waals surface area contributed by atoms with Gasteiger partial charge < -0.3 is 15.0 Å². The molecule has 1 heterocycles. The summed E-state index contributed by atoms with van der Waals surface area (Å²) in [7, 11) is 1.59. The number of carbonyl (C=O) groups excluding carboxylic acids is 2. The van der Waals surface area contributed by atoms with E-state index in [-0.39, 0.29) is 11.8 Å². The lowest BCUT2D eigenvalue weighted by Crippen LogP contribution is -2.50. The lowest BCUT2D eigenvalue weighted by molar-refractivity contribution is -0.117. The number of ether oxygens (including phenoxy) is 1. The fraction of sp³-hybridized carbons (Fsp3) is 0.333. The third kappa shape index (κ3) is 4.86. The van der Waals surface area contributed by atoms with E-state index in [0.717, 1.165) is 5.56 Å². The van der Waals surface area contributed by atoms with Crippen molar-refractivity contribution in [3.05, 3.63) is 59.7 Å². The minimum absolute atomic E-state index is 0.0456. The minimum atomic E-state index is -0.0817. The van der Waals surface area contributed by atoms with Gasteiger partial charge in [-0.2, -0.15) is 0 Å². The third-order valence-electron chi connectivity index (χ3n) is 4.68. The number of piperazine rings is 1. The average molecular weight is 367 g/mol. The molecule has 0 radical (unpaired) electrons. The Morgan fingerprint density at radius 1 is 1.04 bits per heavy atom. The Balaban J connectivity index is 1.51. The number of aryl methyl sites for hydroxylation is 1. The molecule has 142 valence electrons. The molecule has 0 saturated carbocycles. The zero-order valence-corrected chi connectivity index (χ0v) is 15.8. The van der Waals surface area contributed by atoms with E-state index in [4.69, 9.17) is 4.74 Å². The van der Waals surface area contributed by atoms with Gasteiger partial charge in [-0.05, 0) is 36.8 Å². The summed E-state index contributed by atoms with van der Waals surface area (Å²) in [4.78, 5) is 28.8. The highest BCUT2D eigenvalue weighted by atomic mass is 16.5. The number of nitrogens with zero attached hydrogens (tertiary/aromatic N) is 2. The van der Waals surface area contributed by atoms with Crippen LogP contribution in [-0.2, 0) is 4.79 Å². The molecule has 27 heavy (non-hydrogen) atoms. The Hall–Kier alpha value is -2.86. The van der Waals surface area contributed by atoms with Crippen molar-refractivity contribution in [2.45, 2.75) is 6.92 Å². The number of nitrogens with one attached hydrogen (secondary N) is 1. The fourth-order valence-corrected chi connectivity index (χ4v) is 3.18. The zero-order valence-electron chi connectivity index (χ0n) is 15.8. The molecule has 0 bridgehead atoms. The van der Waals surface area contributed by atoms with Gasteiger partial charge in [0.25, 0.3) is 5.91 Å². The summed E-state index contributed by atoms with van der Waals surface area (Å²) >= 11 is 0. The molecule has 2 aromatic carbocycles. The van der Waals surface area contributed by atoms with Crippen LogP contribution in [0.4, 0.5) is 5.69 Å². The van der Waals surface area contributed by atoms with Gasteiger partial charge in [0.05, 0.1) is 19.3 Å². The molecular weight excluding hydrogens is 342 g/mol. The van der Waals surface area contributed by atoms with Crippen LogP contribution in [0.2, 0.25) is 0 Å². The first-order chi connectivity index (χ1) is 13.1. The van der Waals surface area contributed by atoms with Gasteiger partial charge in [0, 0.05) is 31.7 Å². The summed E-state index contributed by atoms with van der Waals surface area (Å²) in [6.45, 7) is 4.86. The van der Waals surface area contributed by atoms with Crippen molar-refractivity contribution in [3.8, 4) is 5.75 Å². The molecule has 6 heteroatoms. The molecular formula is C21H25N3O3. The van der Waals surface area contributed by atoms with Crippen molar-refractivity contribution < 1.29 is 14.3 Å². The summed E-state index contributed by atoms with van der Waals surface area (Å²) in [6.07, 6.45) is 0. The van der Waals surface area contributed by atoms with Crippen LogP contribution >= 0.6 is 0 Å². The summed E-state index contributed by atoms with van der Waals surface area (Å²) in [5.74, 6) is 0.609. The SMILES string of the molecule is COc1ccc(C)cc1NC(=O)CN1CCN(C(=O)c2ccccc2)CC1. The van der Waals surface area contributed by atoms with E-state index in [2.05, 4.69) is 10.2 Å². The molecule has 6 nitrogen and oxygen atoms in total. The van der Waals surface area contributed by atoms with Gasteiger partial charge in [-0.1, -0.05) is 24.3 Å². The second-order valence-corrected chi connectivity index (χ2v) is 6.69. The van der Waals surface area contributed by atoms with Crippen molar-refractivity contribution in [2.24, 2.45) is 0 Å². The Morgan fingerprint density at radius 2 is 1.74 bits per heavy atom. The van der Waals surface area contributed by atoms with Crippen LogP contribution in [0, 0.1) is 6.92 Å². The molecule has 0 atom stereocenters. The molecule has 1 fully saturated rings. The second-order valence-electron chi connectivity index (χ2n) is 6.69. The maximum absolute atomic E-state index is 12.5. The number of hydrogen-bond acceptors (Lipinski definition) is 4. The Labute approximate surface area is 159 Å². The number of carbonyl (C=O) groups is 2. The van der Waals surface area contributed by atoms with E-state index in [1.54, 1.807) is 7.11 Å². The topological polar surface area (TPSA) is 61.9 Å². The van der Waals surface area contributed by atoms with Gasteiger partial charge in [0.2, 0.25) is 5.91 Å². The van der Waals surface area contributed by atoms with Crippen molar-refractivity contribution in [1.29, 1.82) is 0 Å². The molecule has 1 aliphatic heterocycles. The number of methoxy groups -OCH3 is 1. The van der Waals surface area contributed by atoms with Crippen LogP contribution in [0.1, 0.15) is 15.9 Å². The summed E-state index contributed by atoms with van der Waals surface area (Å²) in [5, 5.41) is 2.92. The van der Waals surface area contributed by atoms with Crippen molar-refractivity contribution in [2.75, 3.05) is 45.2 Å². The highest BCUT2D eigenvalue weighted by Crippen LogP contribution is 2.25. The molecule has 2 amide bonds. The quantitative estimate of drug-likeness (QED) is 0.882. The van der Waals surface area contributed by atoms with Crippen molar-refractivity contribution >= 4 is 17.5 Å². The van der Waals surface area contributed by atoms with Crippen LogP contribution in [-0.4, -0.2) is 61.4 Å². The van der Waals surface area contributed by atoms with E-state index in [1.807, 2.05) is 60.4 Å². The van der Waals surface area contributed by atoms with E-state index in [0.29, 0.717) is 49.7 Å². The lowest BCUT2D eigenvalue weighted by Gasteiger charge is -2.34. The minimum Gasteiger partial charge on any atom is -0.495 e. The first-order valence-electron chi connectivity index (χ1n) is 9.08. The van der Waals surface area contributed by atoms with Crippen LogP contribution < -0.4 is 10.1 Å². The average Bonchev–Trinajstić information content (AvgIpc) is 2.69. The monoisotopic (exact) mass is 367 g/mol. The van der Waals surface area contributed by atoms with Gasteiger partial charge in [0.1, 0.15) is 5.75 Å². The lowest BCUT2D eigenvalue weighted by atomic mass is 10.2. The van der Waals surface area contributed by atoms with Gasteiger partial charge in [-0.3, -0.25) is 14.5 Å². The Bertz CT molecular complexity index is 800. The molecule has 3 rings (SSSR count). The van der Waals surface area contributed by atoms with E-state index in [1.165, 1.54) is 0 Å². The molecule has 1 saturated heterocycles. The largest absolute Gasteiger partial charge is 0.495 e. The summed E-state index contributed by atoms with van der Waals surface area (Å²) in [6, 6.07) is 15.0. The number of anilines is 1. The smallest absolute Gasteiger partial charge is 0.253 e. The maximum atomic E-state index is 12.5. The van der Waals surface area contributed by atoms with Crippen LogP contribution in [0.25, 0.3) is 0 Å². The summed E-state index contributed by atoms with van der Waals surface area (Å²) in [5.41, 5.74) is 2.44. The van der Waals surface area contributed by atoms with E-state index >= 15 is 0 Å². The van der Waals surface area contributed by atoms with E-state index < -0.39 is 0 Å². The fourth-order valence-electron chi connectivity index (χ4n) is 3.18. The van der Waals surface area contributed by atoms with Crippen LogP contribution in [0.15, 0.2) is 48.5 Å². The highest BCUT2D eigenvalue weighted by molar-refractivity contribution is 5.95. The number of hydrogen-bond donors (Lipinski definition) is 1. The Kier molecular flexibility index (Phi) is 6.08. The molecule has 0 aromatic heterocycles.